The zero-order valence-electron chi connectivity index (χ0n) is 10.9. The van der Waals surface area contributed by atoms with Crippen LogP contribution < -0.4 is 10.2 Å². The third-order valence-corrected chi connectivity index (χ3v) is 2.68. The number of carbonyl (C=O) groups is 1. The average Bonchev–Trinajstić information content (AvgIpc) is 2.52. The van der Waals surface area contributed by atoms with Gasteiger partial charge in [-0.2, -0.15) is 0 Å². The van der Waals surface area contributed by atoms with Gasteiger partial charge in [-0.05, 0) is 24.3 Å². The maximum atomic E-state index is 11.5. The second-order valence-electron chi connectivity index (χ2n) is 3.94. The highest BCUT2D eigenvalue weighted by atomic mass is 16.5. The van der Waals surface area contributed by atoms with Crippen LogP contribution in [0.2, 0.25) is 0 Å². The smallest absolute Gasteiger partial charge is 0.278 e. The van der Waals surface area contributed by atoms with E-state index < -0.39 is 5.91 Å². The van der Waals surface area contributed by atoms with E-state index in [1.54, 1.807) is 23.7 Å². The van der Waals surface area contributed by atoms with E-state index >= 15 is 0 Å². The first kappa shape index (κ1) is 13.7. The lowest BCUT2D eigenvalue weighted by molar-refractivity contribution is 0.0703. The summed E-state index contributed by atoms with van der Waals surface area (Å²) in [4.78, 5) is 11.5. The molecule has 0 atom stereocenters. The average molecular weight is 267 g/mol. The molecule has 2 rings (SSSR count). The van der Waals surface area contributed by atoms with Crippen LogP contribution >= 0.6 is 0 Å². The minimum Gasteiger partial charge on any atom is -0.495 e. The number of nitrogens with one attached hydrogen (secondary N) is 1. The molecule has 2 aromatic rings. The van der Waals surface area contributed by atoms with Gasteiger partial charge in [0.1, 0.15) is 5.75 Å². The van der Waals surface area contributed by atoms with E-state index in [9.17, 15) is 4.79 Å². The molecule has 0 fully saturated rings. The molecule has 0 spiro atoms. The van der Waals surface area contributed by atoms with Gasteiger partial charge in [0.15, 0.2) is 0 Å². The first-order valence-electron chi connectivity index (χ1n) is 5.94. The lowest BCUT2D eigenvalue weighted by atomic mass is 10.1. The molecule has 0 saturated carbocycles. The van der Waals surface area contributed by atoms with Gasteiger partial charge in [0.2, 0.25) is 0 Å². The van der Waals surface area contributed by atoms with Crippen molar-refractivity contribution in [3.8, 4) is 17.6 Å². The molecule has 2 N–H and O–H groups in total. The topological polar surface area (TPSA) is 58.6 Å². The number of methoxy groups -OCH3 is 1. The van der Waals surface area contributed by atoms with Crippen LogP contribution in [0.1, 0.15) is 21.5 Å². The van der Waals surface area contributed by atoms with Crippen molar-refractivity contribution in [3.63, 3.8) is 0 Å². The van der Waals surface area contributed by atoms with Crippen LogP contribution in [0.5, 0.6) is 5.75 Å². The monoisotopic (exact) mass is 267 g/mol. The Kier molecular flexibility index (Phi) is 4.38. The summed E-state index contributed by atoms with van der Waals surface area (Å²) < 4.78 is 5.21. The molecule has 1 amide bonds. The molecule has 0 heterocycles. The Morgan fingerprint density at radius 3 is 2.50 bits per heavy atom. The SMILES string of the molecule is COc1c(C#Cc2ccccc2)cccc1C(=O)NO. The van der Waals surface area contributed by atoms with E-state index in [1.807, 2.05) is 30.3 Å². The maximum absolute atomic E-state index is 11.5. The number of hydroxylamine groups is 1. The number of rotatable bonds is 2. The van der Waals surface area contributed by atoms with Crippen LogP contribution in [-0.4, -0.2) is 18.2 Å². The van der Waals surface area contributed by atoms with E-state index in [1.165, 1.54) is 7.11 Å². The molecule has 0 aliphatic carbocycles. The molecule has 0 aliphatic heterocycles. The fourth-order valence-electron chi connectivity index (χ4n) is 1.76. The Labute approximate surface area is 117 Å². The Morgan fingerprint density at radius 1 is 1.10 bits per heavy atom. The Morgan fingerprint density at radius 2 is 1.85 bits per heavy atom. The number of hydrogen-bond donors (Lipinski definition) is 2. The molecule has 4 heteroatoms. The molecule has 0 aliphatic rings. The van der Waals surface area contributed by atoms with Crippen LogP contribution in [0, 0.1) is 11.8 Å². The second kappa shape index (κ2) is 6.41. The second-order valence-corrected chi connectivity index (χ2v) is 3.94. The molecule has 2 aromatic carbocycles. The highest BCUT2D eigenvalue weighted by Gasteiger charge is 2.13. The standard InChI is InChI=1S/C16H13NO3/c1-20-15-13(8-5-9-14(15)16(18)17-19)11-10-12-6-3-2-4-7-12/h2-9,19H,1H3,(H,17,18). The van der Waals surface area contributed by atoms with Crippen molar-refractivity contribution in [2.75, 3.05) is 7.11 Å². The van der Waals surface area contributed by atoms with Gasteiger partial charge in [-0.3, -0.25) is 10.0 Å². The lowest BCUT2D eigenvalue weighted by Crippen LogP contribution is -2.19. The summed E-state index contributed by atoms with van der Waals surface area (Å²) in [6.07, 6.45) is 0. The number of hydrogen-bond acceptors (Lipinski definition) is 3. The fraction of sp³-hybridized carbons (Fsp3) is 0.0625. The Hall–Kier alpha value is -2.77. The van der Waals surface area contributed by atoms with Crippen LogP contribution in [0.15, 0.2) is 48.5 Å². The van der Waals surface area contributed by atoms with Crippen LogP contribution in [0.4, 0.5) is 0 Å². The molecule has 0 saturated heterocycles. The van der Waals surface area contributed by atoms with Crippen LogP contribution in [0.25, 0.3) is 0 Å². The van der Waals surface area contributed by atoms with Crippen LogP contribution in [0.3, 0.4) is 0 Å². The third kappa shape index (κ3) is 2.97. The summed E-state index contributed by atoms with van der Waals surface area (Å²) in [5, 5.41) is 8.72. The Bertz CT molecular complexity index is 669. The van der Waals surface area contributed by atoms with Crippen LogP contribution in [-0.2, 0) is 0 Å². The molecule has 0 unspecified atom stereocenters. The number of para-hydroxylation sites is 1. The van der Waals surface area contributed by atoms with Crippen molar-refractivity contribution >= 4 is 5.91 Å². The van der Waals surface area contributed by atoms with E-state index in [0.29, 0.717) is 11.3 Å². The molecule has 0 aromatic heterocycles. The predicted octanol–water partition coefficient (Wildman–Crippen LogP) is 2.21. The molecule has 20 heavy (non-hydrogen) atoms. The van der Waals surface area contributed by atoms with Crippen molar-refractivity contribution < 1.29 is 14.7 Å². The summed E-state index contributed by atoms with van der Waals surface area (Å²) in [7, 11) is 1.46. The largest absolute Gasteiger partial charge is 0.495 e. The highest BCUT2D eigenvalue weighted by molar-refractivity contribution is 5.97. The van der Waals surface area contributed by atoms with E-state index in [0.717, 1.165) is 5.56 Å². The minimum absolute atomic E-state index is 0.231. The minimum atomic E-state index is -0.634. The molecule has 4 nitrogen and oxygen atoms in total. The zero-order chi connectivity index (χ0) is 14.4. The quantitative estimate of drug-likeness (QED) is 0.498. The fourth-order valence-corrected chi connectivity index (χ4v) is 1.76. The van der Waals surface area contributed by atoms with Gasteiger partial charge in [-0.1, -0.05) is 36.1 Å². The molecular weight excluding hydrogens is 254 g/mol. The Balaban J connectivity index is 2.43. The molecule has 0 bridgehead atoms. The van der Waals surface area contributed by atoms with Gasteiger partial charge in [0, 0.05) is 5.56 Å². The van der Waals surface area contributed by atoms with E-state index in [2.05, 4.69) is 11.8 Å². The van der Waals surface area contributed by atoms with E-state index in [-0.39, 0.29) is 5.56 Å². The van der Waals surface area contributed by atoms with Crippen molar-refractivity contribution in [2.24, 2.45) is 0 Å². The summed E-state index contributed by atoms with van der Waals surface area (Å²) in [5.74, 6) is 5.66. The van der Waals surface area contributed by atoms with Gasteiger partial charge in [-0.15, -0.1) is 0 Å². The van der Waals surface area contributed by atoms with Crippen molar-refractivity contribution in [3.05, 3.63) is 65.2 Å². The number of amides is 1. The van der Waals surface area contributed by atoms with E-state index in [4.69, 9.17) is 9.94 Å². The van der Waals surface area contributed by atoms with Crippen molar-refractivity contribution in [2.45, 2.75) is 0 Å². The summed E-state index contributed by atoms with van der Waals surface area (Å²) in [6, 6.07) is 14.5. The number of benzene rings is 2. The first-order chi connectivity index (χ1) is 9.76. The molecule has 100 valence electrons. The normalized spacial score (nSPS) is 9.30. The molecular formula is C16H13NO3. The summed E-state index contributed by atoms with van der Waals surface area (Å²) in [6.45, 7) is 0. The third-order valence-electron chi connectivity index (χ3n) is 2.68. The number of ether oxygens (including phenoxy) is 1. The zero-order valence-corrected chi connectivity index (χ0v) is 10.9. The van der Waals surface area contributed by atoms with Crippen molar-refractivity contribution in [1.29, 1.82) is 0 Å². The van der Waals surface area contributed by atoms with Crippen molar-refractivity contribution in [1.82, 2.24) is 5.48 Å². The van der Waals surface area contributed by atoms with Gasteiger partial charge >= 0.3 is 0 Å². The van der Waals surface area contributed by atoms with Gasteiger partial charge in [-0.25, -0.2) is 5.48 Å². The summed E-state index contributed by atoms with van der Waals surface area (Å²) >= 11 is 0. The van der Waals surface area contributed by atoms with Gasteiger partial charge < -0.3 is 4.74 Å². The lowest BCUT2D eigenvalue weighted by Gasteiger charge is -2.08. The number of carbonyl (C=O) groups excluding carboxylic acids is 1. The highest BCUT2D eigenvalue weighted by Crippen LogP contribution is 2.23. The first-order valence-corrected chi connectivity index (χ1v) is 5.94. The summed E-state index contributed by atoms with van der Waals surface area (Å²) in [5.41, 5.74) is 3.27. The molecule has 0 radical (unpaired) electrons. The van der Waals surface area contributed by atoms with Gasteiger partial charge in [0.25, 0.3) is 5.91 Å². The maximum Gasteiger partial charge on any atom is 0.278 e. The van der Waals surface area contributed by atoms with Gasteiger partial charge in [0.05, 0.1) is 18.2 Å². The predicted molar refractivity (Wildman–Crippen MR) is 74.7 cm³/mol.